The molecule has 0 bridgehead atoms. The fraction of sp³-hybridized carbons (Fsp3) is 0.250. The molecule has 63 heavy (non-hydrogen) atoms. The van der Waals surface area contributed by atoms with Crippen molar-refractivity contribution in [2.75, 3.05) is 57.9 Å². The van der Waals surface area contributed by atoms with Crippen LogP contribution in [0.15, 0.2) is 143 Å². The van der Waals surface area contributed by atoms with E-state index < -0.39 is 5.97 Å². The van der Waals surface area contributed by atoms with Crippen LogP contribution in [0.25, 0.3) is 22.6 Å². The Labute approximate surface area is 369 Å². The fourth-order valence-electron chi connectivity index (χ4n) is 7.31. The Bertz CT molecular complexity index is 2570. The molecule has 1 amide bonds. The number of piperazine rings is 1. The first kappa shape index (κ1) is 44.3. The molecular weight excluding hydrogens is 822 g/mol. The number of ether oxygens (including phenoxy) is 2. The van der Waals surface area contributed by atoms with Crippen molar-refractivity contribution in [3.63, 3.8) is 0 Å². The third-order valence-corrected chi connectivity index (χ3v) is 10.8. The van der Waals surface area contributed by atoms with Gasteiger partial charge >= 0.3 is 5.97 Å². The summed E-state index contributed by atoms with van der Waals surface area (Å²) in [6.45, 7) is 5.36. The number of tetrazole rings is 1. The highest BCUT2D eigenvalue weighted by Crippen LogP contribution is 2.31. The molecule has 0 aliphatic carbocycles. The molecule has 1 atom stereocenters. The van der Waals surface area contributed by atoms with Gasteiger partial charge in [-0.15, -0.1) is 10.2 Å². The molecule has 1 aliphatic heterocycles. The Hall–Kier alpha value is -6.71. The van der Waals surface area contributed by atoms with Crippen LogP contribution < -0.4 is 15.5 Å². The first-order chi connectivity index (χ1) is 30.8. The second kappa shape index (κ2) is 22.4. The lowest BCUT2D eigenvalue weighted by Gasteiger charge is -2.39. The third kappa shape index (κ3) is 12.7. The Morgan fingerprint density at radius 2 is 1.54 bits per heavy atom. The Morgan fingerprint density at radius 3 is 2.24 bits per heavy atom. The molecule has 0 saturated carbocycles. The van der Waals surface area contributed by atoms with Crippen molar-refractivity contribution in [2.24, 2.45) is 0 Å². The predicted molar refractivity (Wildman–Crippen MR) is 241 cm³/mol. The van der Waals surface area contributed by atoms with Gasteiger partial charge in [0.2, 0.25) is 5.82 Å². The SMILES string of the molecule is O=C(Nc1cccc2c(=O)cc(-c3nn[nH]n3)oc12)c1ccc(OCCCCc2ccccc2)cc1.O=C(O)COCCN1CCN(C(c2ccccc2)c2ccc(Cl)cc2)CC1. The molecule has 7 aromatic rings. The van der Waals surface area contributed by atoms with E-state index in [2.05, 4.69) is 84.3 Å². The number of aromatic nitrogens is 4. The van der Waals surface area contributed by atoms with Gasteiger partial charge in [0, 0.05) is 49.4 Å². The minimum absolute atomic E-state index is 0.144. The molecule has 324 valence electrons. The minimum atomic E-state index is -0.923. The second-order valence-corrected chi connectivity index (χ2v) is 15.3. The average molecular weight is 870 g/mol. The molecule has 1 aliphatic rings. The average Bonchev–Trinajstić information content (AvgIpc) is 3.86. The number of carbonyl (C=O) groups excluding carboxylic acids is 1. The summed E-state index contributed by atoms with van der Waals surface area (Å²) in [5, 5.41) is 26.0. The van der Waals surface area contributed by atoms with Crippen LogP contribution in [-0.4, -0.2) is 100.0 Å². The van der Waals surface area contributed by atoms with Crippen LogP contribution in [0.3, 0.4) is 0 Å². The molecule has 0 radical (unpaired) electrons. The van der Waals surface area contributed by atoms with Crippen molar-refractivity contribution in [1.82, 2.24) is 30.4 Å². The molecule has 1 fully saturated rings. The van der Waals surface area contributed by atoms with Gasteiger partial charge in [0.15, 0.2) is 16.8 Å². The molecule has 3 N–H and O–H groups in total. The normalized spacial score (nSPS) is 13.5. The van der Waals surface area contributed by atoms with E-state index in [9.17, 15) is 14.4 Å². The number of nitrogens with one attached hydrogen (secondary N) is 2. The lowest BCUT2D eigenvalue weighted by atomic mass is 9.96. The van der Waals surface area contributed by atoms with Crippen LogP contribution in [0.1, 0.15) is 45.9 Å². The summed E-state index contributed by atoms with van der Waals surface area (Å²) in [5.41, 5.74) is 4.59. The number of amides is 1. The summed E-state index contributed by atoms with van der Waals surface area (Å²) in [6.07, 6.45) is 3.00. The van der Waals surface area contributed by atoms with Gasteiger partial charge in [0.1, 0.15) is 12.4 Å². The lowest BCUT2D eigenvalue weighted by molar-refractivity contribution is -0.142. The zero-order chi connectivity index (χ0) is 43.8. The number of carbonyl (C=O) groups is 2. The number of aryl methyl sites for hydroxylation is 1. The topological polar surface area (TPSA) is 176 Å². The van der Waals surface area contributed by atoms with Crippen molar-refractivity contribution < 1.29 is 28.6 Å². The standard InChI is InChI=1S/C27H23N5O4.C21H25ClN2O3/c33-23-17-24(26-29-31-32-30-26)36-25-21(23)10-6-11-22(25)28-27(34)19-12-14-20(15-13-19)35-16-5-4-9-18-7-2-1-3-8-18;22-19-8-6-18(7-9-19)21(17-4-2-1-3-5-17)24-12-10-23(11-13-24)14-15-27-16-20(25)26/h1-3,6-8,10-15,17H,4-5,9,16H2,(H,28,34)(H,29,30,31,32);1-9,21H,10-16H2,(H,25,26). The number of benzene rings is 5. The maximum absolute atomic E-state index is 12.9. The van der Waals surface area contributed by atoms with E-state index >= 15 is 0 Å². The summed E-state index contributed by atoms with van der Waals surface area (Å²) in [4.78, 5) is 40.8. The van der Waals surface area contributed by atoms with E-state index in [0.717, 1.165) is 57.0 Å². The van der Waals surface area contributed by atoms with Crippen LogP contribution >= 0.6 is 11.6 Å². The zero-order valence-corrected chi connectivity index (χ0v) is 35.3. The number of aromatic amines is 1. The summed E-state index contributed by atoms with van der Waals surface area (Å²) in [7, 11) is 0. The first-order valence-corrected chi connectivity index (χ1v) is 21.1. The molecule has 15 heteroatoms. The quantitative estimate of drug-likeness (QED) is 0.0760. The van der Waals surface area contributed by atoms with Crippen LogP contribution in [0.2, 0.25) is 5.02 Å². The minimum Gasteiger partial charge on any atom is -0.494 e. The molecule has 2 aromatic heterocycles. The fourth-order valence-corrected chi connectivity index (χ4v) is 7.43. The molecule has 1 saturated heterocycles. The van der Waals surface area contributed by atoms with Gasteiger partial charge in [0.05, 0.1) is 30.3 Å². The van der Waals surface area contributed by atoms with E-state index in [-0.39, 0.29) is 41.2 Å². The highest BCUT2D eigenvalue weighted by atomic mass is 35.5. The first-order valence-electron chi connectivity index (χ1n) is 20.8. The zero-order valence-electron chi connectivity index (χ0n) is 34.6. The predicted octanol–water partition coefficient (Wildman–Crippen LogP) is 7.78. The van der Waals surface area contributed by atoms with E-state index in [1.807, 2.05) is 36.4 Å². The van der Waals surface area contributed by atoms with Gasteiger partial charge in [-0.1, -0.05) is 90.5 Å². The van der Waals surface area contributed by atoms with E-state index in [1.54, 1.807) is 42.5 Å². The van der Waals surface area contributed by atoms with Crippen LogP contribution in [0.5, 0.6) is 5.75 Å². The number of unbranched alkanes of at least 4 members (excludes halogenated alkanes) is 1. The van der Waals surface area contributed by atoms with Gasteiger partial charge < -0.3 is 24.3 Å². The van der Waals surface area contributed by atoms with E-state index in [0.29, 0.717) is 35.6 Å². The van der Waals surface area contributed by atoms with Crippen LogP contribution in [0.4, 0.5) is 5.69 Å². The summed E-state index contributed by atoms with van der Waals surface area (Å²) >= 11 is 6.08. The summed E-state index contributed by atoms with van der Waals surface area (Å²) in [5.74, 6) is -0.274. The summed E-state index contributed by atoms with van der Waals surface area (Å²) in [6, 6.07) is 42.4. The van der Waals surface area contributed by atoms with Gasteiger partial charge in [-0.3, -0.25) is 19.4 Å². The number of aliphatic carboxylic acids is 1. The number of para-hydroxylation sites is 1. The van der Waals surface area contributed by atoms with Gasteiger partial charge in [-0.05, 0) is 89.7 Å². The number of rotatable bonds is 17. The van der Waals surface area contributed by atoms with Crippen LogP contribution in [-0.2, 0) is 16.0 Å². The van der Waals surface area contributed by atoms with Gasteiger partial charge in [-0.25, -0.2) is 4.79 Å². The third-order valence-electron chi connectivity index (χ3n) is 10.5. The number of carboxylic acid groups (broad SMARTS) is 1. The number of halogens is 1. The van der Waals surface area contributed by atoms with Crippen molar-refractivity contribution >= 4 is 40.1 Å². The van der Waals surface area contributed by atoms with Crippen molar-refractivity contribution in [1.29, 1.82) is 0 Å². The molecule has 1 unspecified atom stereocenters. The van der Waals surface area contributed by atoms with Crippen molar-refractivity contribution in [2.45, 2.75) is 25.3 Å². The second-order valence-electron chi connectivity index (χ2n) is 14.9. The van der Waals surface area contributed by atoms with Crippen molar-refractivity contribution in [3.05, 3.63) is 171 Å². The summed E-state index contributed by atoms with van der Waals surface area (Å²) < 4.78 is 16.8. The number of fused-ring (bicyclic) bond motifs is 1. The number of H-pyrrole nitrogens is 1. The smallest absolute Gasteiger partial charge is 0.329 e. The van der Waals surface area contributed by atoms with Gasteiger partial charge in [0.25, 0.3) is 5.91 Å². The van der Waals surface area contributed by atoms with E-state index in [4.69, 9.17) is 30.6 Å². The molecule has 14 nitrogen and oxygen atoms in total. The van der Waals surface area contributed by atoms with Crippen molar-refractivity contribution in [3.8, 4) is 17.3 Å². The highest BCUT2D eigenvalue weighted by Gasteiger charge is 2.26. The number of carboxylic acids is 1. The largest absolute Gasteiger partial charge is 0.494 e. The maximum Gasteiger partial charge on any atom is 0.329 e. The molecule has 5 aromatic carbocycles. The van der Waals surface area contributed by atoms with Crippen LogP contribution in [0, 0.1) is 0 Å². The number of hydrogen-bond acceptors (Lipinski definition) is 11. The highest BCUT2D eigenvalue weighted by molar-refractivity contribution is 6.30. The maximum atomic E-state index is 12.9. The number of anilines is 1. The number of hydrogen-bond donors (Lipinski definition) is 3. The van der Waals surface area contributed by atoms with Gasteiger partial charge in [-0.2, -0.15) is 5.21 Å². The molecule has 3 heterocycles. The van der Waals surface area contributed by atoms with E-state index in [1.165, 1.54) is 22.8 Å². The number of nitrogens with zero attached hydrogens (tertiary/aromatic N) is 5. The Morgan fingerprint density at radius 1 is 0.825 bits per heavy atom. The monoisotopic (exact) mass is 869 g/mol. The Balaban J connectivity index is 0.000000197. The lowest BCUT2D eigenvalue weighted by Crippen LogP contribution is -2.48. The molecular formula is C48H48ClN7O7. The molecule has 0 spiro atoms. The Kier molecular flexibility index (Phi) is 15.8. The molecule has 8 rings (SSSR count).